The third-order valence-corrected chi connectivity index (χ3v) is 3.70. The van der Waals surface area contributed by atoms with Gasteiger partial charge in [-0.15, -0.1) is 0 Å². The van der Waals surface area contributed by atoms with Gasteiger partial charge in [0.1, 0.15) is 11.6 Å². The molecule has 0 saturated carbocycles. The molecule has 1 aromatic carbocycles. The molecule has 1 amide bonds. The molecule has 1 N–H and O–H groups in total. The van der Waals surface area contributed by atoms with Gasteiger partial charge in [-0.1, -0.05) is 32.4 Å². The van der Waals surface area contributed by atoms with Gasteiger partial charge in [0.2, 0.25) is 0 Å². The summed E-state index contributed by atoms with van der Waals surface area (Å²) in [6.07, 6.45) is 0. The monoisotopic (exact) mass is 366 g/mol. The number of carbonyl (C=O) groups excluding carboxylic acids is 1. The second-order valence-electron chi connectivity index (χ2n) is 6.50. The molecule has 9 heteroatoms. The Kier molecular flexibility index (Phi) is 5.32. The summed E-state index contributed by atoms with van der Waals surface area (Å²) in [6.45, 7) is 5.80. The van der Waals surface area contributed by atoms with Crippen LogP contribution >= 0.6 is 11.6 Å². The molecule has 2 aromatic rings. The highest BCUT2D eigenvalue weighted by molar-refractivity contribution is 6.32. The summed E-state index contributed by atoms with van der Waals surface area (Å²) in [7, 11) is 1.74. The summed E-state index contributed by atoms with van der Waals surface area (Å²) < 4.78 is 6.90. The minimum absolute atomic E-state index is 0.0672. The van der Waals surface area contributed by atoms with Gasteiger partial charge >= 0.3 is 0 Å². The maximum Gasteiger partial charge on any atom is 0.271 e. The van der Waals surface area contributed by atoms with Crippen molar-refractivity contribution in [2.24, 2.45) is 7.05 Å². The number of carbonyl (C=O) groups is 1. The molecule has 134 valence electrons. The van der Waals surface area contributed by atoms with Crippen molar-refractivity contribution in [3.05, 3.63) is 45.1 Å². The van der Waals surface area contributed by atoms with Gasteiger partial charge in [-0.2, -0.15) is 5.10 Å². The zero-order chi connectivity index (χ0) is 18.8. The van der Waals surface area contributed by atoms with E-state index < -0.39 is 10.8 Å². The molecule has 0 spiro atoms. The lowest BCUT2D eigenvalue weighted by molar-refractivity contribution is -0.384. The van der Waals surface area contributed by atoms with E-state index in [0.717, 1.165) is 5.69 Å². The summed E-state index contributed by atoms with van der Waals surface area (Å²) in [5.41, 5.74) is 0.569. The molecule has 0 radical (unpaired) electrons. The quantitative estimate of drug-likeness (QED) is 0.646. The second kappa shape index (κ2) is 7.10. The Morgan fingerprint density at radius 2 is 2.08 bits per heavy atom. The number of nitrogens with one attached hydrogen (secondary N) is 1. The van der Waals surface area contributed by atoms with Gasteiger partial charge in [-0.25, -0.2) is 0 Å². The number of ether oxygens (including phenoxy) is 1. The Morgan fingerprint density at radius 3 is 2.60 bits per heavy atom. The topological polar surface area (TPSA) is 99.3 Å². The first-order valence-electron chi connectivity index (χ1n) is 7.49. The minimum atomic E-state index is -0.558. The largest absolute Gasteiger partial charge is 0.482 e. The number of anilines is 1. The van der Waals surface area contributed by atoms with Crippen LogP contribution in [0.3, 0.4) is 0 Å². The summed E-state index contributed by atoms with van der Waals surface area (Å²) in [4.78, 5) is 22.2. The number of benzene rings is 1. The van der Waals surface area contributed by atoms with Gasteiger partial charge in [-0.3, -0.25) is 19.6 Å². The maximum atomic E-state index is 12.1. The zero-order valence-electron chi connectivity index (χ0n) is 14.4. The molecule has 0 bridgehead atoms. The first-order chi connectivity index (χ1) is 11.6. The van der Waals surface area contributed by atoms with Crippen LogP contribution in [0.2, 0.25) is 5.02 Å². The van der Waals surface area contributed by atoms with Crippen LogP contribution < -0.4 is 10.1 Å². The standard InChI is InChI=1S/C16H19ClN4O4/c1-16(2,3)13-8-14(20(4)19-13)18-15(22)9-25-12-6-5-10(21(23)24)7-11(12)17/h5-8H,9H2,1-4H3,(H,18,22). The maximum absolute atomic E-state index is 12.1. The predicted molar refractivity (Wildman–Crippen MR) is 94.1 cm³/mol. The Balaban J connectivity index is 2.00. The van der Waals surface area contributed by atoms with Crippen molar-refractivity contribution in [3.63, 3.8) is 0 Å². The fourth-order valence-corrected chi connectivity index (χ4v) is 2.22. The van der Waals surface area contributed by atoms with E-state index >= 15 is 0 Å². The molecule has 8 nitrogen and oxygen atoms in total. The number of hydrogen-bond acceptors (Lipinski definition) is 5. The number of nitrogens with zero attached hydrogens (tertiary/aromatic N) is 3. The zero-order valence-corrected chi connectivity index (χ0v) is 15.1. The molecule has 2 rings (SSSR count). The van der Waals surface area contributed by atoms with E-state index in [9.17, 15) is 14.9 Å². The van der Waals surface area contributed by atoms with Gasteiger partial charge in [0.05, 0.1) is 15.6 Å². The van der Waals surface area contributed by atoms with Crippen molar-refractivity contribution < 1.29 is 14.5 Å². The van der Waals surface area contributed by atoms with E-state index in [2.05, 4.69) is 10.4 Å². The molecular weight excluding hydrogens is 348 g/mol. The summed E-state index contributed by atoms with van der Waals surface area (Å²) in [5, 5.41) is 17.8. The van der Waals surface area contributed by atoms with Crippen LogP contribution in [0.15, 0.2) is 24.3 Å². The Hall–Kier alpha value is -2.61. The van der Waals surface area contributed by atoms with Crippen molar-refractivity contribution in [1.29, 1.82) is 0 Å². The summed E-state index contributed by atoms with van der Waals surface area (Å²) in [5.74, 6) is 0.356. The van der Waals surface area contributed by atoms with Crippen molar-refractivity contribution in [1.82, 2.24) is 9.78 Å². The highest BCUT2D eigenvalue weighted by Gasteiger charge is 2.20. The molecule has 25 heavy (non-hydrogen) atoms. The van der Waals surface area contributed by atoms with Crippen LogP contribution in [-0.4, -0.2) is 27.2 Å². The number of hydrogen-bond donors (Lipinski definition) is 1. The van der Waals surface area contributed by atoms with E-state index in [4.69, 9.17) is 16.3 Å². The Labute approximate surface area is 149 Å². The van der Waals surface area contributed by atoms with Gasteiger partial charge in [0, 0.05) is 30.7 Å². The Morgan fingerprint density at radius 1 is 1.40 bits per heavy atom. The van der Waals surface area contributed by atoms with E-state index in [0.29, 0.717) is 5.82 Å². The van der Waals surface area contributed by atoms with E-state index in [1.807, 2.05) is 20.8 Å². The molecule has 1 aromatic heterocycles. The lowest BCUT2D eigenvalue weighted by Crippen LogP contribution is -2.21. The van der Waals surface area contributed by atoms with Crippen LogP contribution in [0.25, 0.3) is 0 Å². The fourth-order valence-electron chi connectivity index (χ4n) is 1.99. The number of rotatable bonds is 5. The lowest BCUT2D eigenvalue weighted by atomic mass is 9.92. The van der Waals surface area contributed by atoms with Crippen LogP contribution in [-0.2, 0) is 17.3 Å². The van der Waals surface area contributed by atoms with E-state index in [1.165, 1.54) is 18.2 Å². The molecule has 0 atom stereocenters. The fraction of sp³-hybridized carbons (Fsp3) is 0.375. The normalized spacial score (nSPS) is 11.2. The van der Waals surface area contributed by atoms with Crippen molar-refractivity contribution in [2.75, 3.05) is 11.9 Å². The first kappa shape index (κ1) is 18.7. The number of non-ortho nitro benzene ring substituents is 1. The SMILES string of the molecule is Cn1nc(C(C)(C)C)cc1NC(=O)COc1ccc([N+](=O)[O-])cc1Cl. The average Bonchev–Trinajstić information content (AvgIpc) is 2.87. The van der Waals surface area contributed by atoms with E-state index in [1.54, 1.807) is 17.8 Å². The highest BCUT2D eigenvalue weighted by Crippen LogP contribution is 2.28. The lowest BCUT2D eigenvalue weighted by Gasteiger charge is -2.13. The third-order valence-electron chi connectivity index (χ3n) is 3.40. The van der Waals surface area contributed by atoms with Crippen LogP contribution in [0.5, 0.6) is 5.75 Å². The third kappa shape index (κ3) is 4.69. The number of aryl methyl sites for hydroxylation is 1. The first-order valence-corrected chi connectivity index (χ1v) is 7.87. The average molecular weight is 367 g/mol. The van der Waals surface area contributed by atoms with Gasteiger partial charge in [0.15, 0.2) is 6.61 Å². The van der Waals surface area contributed by atoms with Gasteiger partial charge in [-0.05, 0) is 6.07 Å². The van der Waals surface area contributed by atoms with Crippen LogP contribution in [0, 0.1) is 10.1 Å². The number of aromatic nitrogens is 2. The molecule has 0 aliphatic rings. The number of nitro benzene ring substituents is 1. The molecule has 0 aliphatic carbocycles. The number of halogens is 1. The van der Waals surface area contributed by atoms with Gasteiger partial charge in [0.25, 0.3) is 11.6 Å². The molecule has 0 saturated heterocycles. The van der Waals surface area contributed by atoms with Crippen molar-refractivity contribution in [3.8, 4) is 5.75 Å². The van der Waals surface area contributed by atoms with Crippen LogP contribution in [0.1, 0.15) is 26.5 Å². The number of nitro groups is 1. The molecule has 0 fully saturated rings. The predicted octanol–water partition coefficient (Wildman–Crippen LogP) is 3.30. The molecule has 0 aliphatic heterocycles. The molecular formula is C16H19ClN4O4. The van der Waals surface area contributed by atoms with Crippen LogP contribution in [0.4, 0.5) is 11.5 Å². The summed E-state index contributed by atoms with van der Waals surface area (Å²) in [6, 6.07) is 5.59. The molecule has 0 unspecified atom stereocenters. The smallest absolute Gasteiger partial charge is 0.271 e. The summed E-state index contributed by atoms with van der Waals surface area (Å²) >= 11 is 5.92. The van der Waals surface area contributed by atoms with E-state index in [-0.39, 0.29) is 28.5 Å². The van der Waals surface area contributed by atoms with Crippen molar-refractivity contribution >= 4 is 29.0 Å². The minimum Gasteiger partial charge on any atom is -0.482 e. The number of amides is 1. The molecule has 1 heterocycles. The Bertz CT molecular complexity index is 811. The van der Waals surface area contributed by atoms with Gasteiger partial charge < -0.3 is 10.1 Å². The van der Waals surface area contributed by atoms with Crippen molar-refractivity contribution in [2.45, 2.75) is 26.2 Å². The second-order valence-corrected chi connectivity index (χ2v) is 6.90. The highest BCUT2D eigenvalue weighted by atomic mass is 35.5.